The van der Waals surface area contributed by atoms with Gasteiger partial charge in [0.15, 0.2) is 0 Å². The van der Waals surface area contributed by atoms with Crippen molar-refractivity contribution in [1.29, 1.82) is 0 Å². The third-order valence-corrected chi connectivity index (χ3v) is 5.46. The Morgan fingerprint density at radius 2 is 0.808 bits per heavy atom. The summed E-state index contributed by atoms with van der Waals surface area (Å²) < 4.78 is 0. The van der Waals surface area contributed by atoms with Gasteiger partial charge in [0.1, 0.15) is 0 Å². The molecule has 3 aromatic carbocycles. The largest absolute Gasteiger partial charge is 0.0587 e. The lowest BCUT2D eigenvalue weighted by Gasteiger charge is -2.28. The third-order valence-electron chi connectivity index (χ3n) is 5.46. The molecule has 0 atom stereocenters. The van der Waals surface area contributed by atoms with Gasteiger partial charge in [-0.2, -0.15) is 0 Å². The maximum atomic E-state index is 2.31. The van der Waals surface area contributed by atoms with Crippen molar-refractivity contribution in [3.05, 3.63) is 95.1 Å². The molecule has 0 bridgehead atoms. The second-order valence-electron chi connectivity index (χ2n) is 8.90. The van der Waals surface area contributed by atoms with Gasteiger partial charge in [0.25, 0.3) is 0 Å². The summed E-state index contributed by atoms with van der Waals surface area (Å²) in [4.78, 5) is 0. The number of rotatable bonds is 3. The zero-order chi connectivity index (χ0) is 18.9. The first-order chi connectivity index (χ1) is 12.2. The van der Waals surface area contributed by atoms with E-state index < -0.39 is 0 Å². The van der Waals surface area contributed by atoms with Crippen LogP contribution in [0.25, 0.3) is 11.1 Å². The number of hydrogen-bond acceptors (Lipinski definition) is 0. The molecular weight excluding hydrogens is 312 g/mol. The Morgan fingerprint density at radius 1 is 0.462 bits per heavy atom. The van der Waals surface area contributed by atoms with Crippen LogP contribution in [0.3, 0.4) is 0 Å². The summed E-state index contributed by atoms with van der Waals surface area (Å²) >= 11 is 0. The fraction of sp³-hybridized carbons (Fsp3) is 0.308. The Kier molecular flexibility index (Phi) is 4.80. The molecule has 0 aliphatic carbocycles. The lowest BCUT2D eigenvalue weighted by Crippen LogP contribution is -2.19. The fourth-order valence-corrected chi connectivity index (χ4v) is 3.38. The SMILES string of the molecule is Cc1ccc(-c2ccc(C(C)(C)c3ccc(C(C)(C)C)cc3)cc2)cc1. The van der Waals surface area contributed by atoms with E-state index in [0.717, 1.165) is 0 Å². The van der Waals surface area contributed by atoms with Crippen LogP contribution in [0, 0.1) is 6.92 Å². The standard InChI is InChI=1S/C26H30/c1-19-7-9-20(10-8-19)21-11-13-23(14-12-21)26(5,6)24-17-15-22(16-18-24)25(2,3)4/h7-18H,1-6H3. The van der Waals surface area contributed by atoms with Crippen molar-refractivity contribution in [2.24, 2.45) is 0 Å². The van der Waals surface area contributed by atoms with Crippen molar-refractivity contribution in [2.75, 3.05) is 0 Å². The normalized spacial score (nSPS) is 12.2. The van der Waals surface area contributed by atoms with Crippen molar-refractivity contribution in [2.45, 2.75) is 52.4 Å². The van der Waals surface area contributed by atoms with Crippen molar-refractivity contribution < 1.29 is 0 Å². The predicted molar refractivity (Wildman–Crippen MR) is 114 cm³/mol. The smallest absolute Gasteiger partial charge is 0.0146 e. The van der Waals surface area contributed by atoms with Gasteiger partial charge in [-0.15, -0.1) is 0 Å². The minimum atomic E-state index is -0.0117. The molecule has 0 fully saturated rings. The van der Waals surface area contributed by atoms with Crippen LogP contribution in [0.2, 0.25) is 0 Å². The van der Waals surface area contributed by atoms with Gasteiger partial charge in [0.05, 0.1) is 0 Å². The summed E-state index contributed by atoms with van der Waals surface area (Å²) in [5, 5.41) is 0. The molecule has 0 aliphatic rings. The van der Waals surface area contributed by atoms with Crippen LogP contribution in [0.5, 0.6) is 0 Å². The summed E-state index contributed by atoms with van der Waals surface area (Å²) in [6.07, 6.45) is 0. The Morgan fingerprint density at radius 3 is 1.23 bits per heavy atom. The number of hydrogen-bond donors (Lipinski definition) is 0. The van der Waals surface area contributed by atoms with E-state index >= 15 is 0 Å². The van der Waals surface area contributed by atoms with E-state index in [2.05, 4.69) is 114 Å². The summed E-state index contributed by atoms with van der Waals surface area (Å²) in [7, 11) is 0. The van der Waals surface area contributed by atoms with E-state index in [9.17, 15) is 0 Å². The first kappa shape index (κ1) is 18.5. The monoisotopic (exact) mass is 342 g/mol. The average Bonchev–Trinajstić information content (AvgIpc) is 2.62. The molecule has 3 aromatic rings. The highest BCUT2D eigenvalue weighted by Gasteiger charge is 2.24. The molecule has 0 heteroatoms. The van der Waals surface area contributed by atoms with Gasteiger partial charge in [-0.1, -0.05) is 113 Å². The average molecular weight is 343 g/mol. The van der Waals surface area contributed by atoms with E-state index in [0.29, 0.717) is 0 Å². The van der Waals surface area contributed by atoms with E-state index in [1.807, 2.05) is 0 Å². The molecule has 0 saturated heterocycles. The van der Waals surface area contributed by atoms with Gasteiger partial charge in [-0.25, -0.2) is 0 Å². The lowest BCUT2D eigenvalue weighted by molar-refractivity contribution is 0.587. The highest BCUT2D eigenvalue weighted by Crippen LogP contribution is 2.34. The summed E-state index contributed by atoms with van der Waals surface area (Å²) in [6, 6.07) is 26.9. The Labute approximate surface area is 158 Å². The van der Waals surface area contributed by atoms with Crippen LogP contribution in [-0.2, 0) is 10.8 Å². The van der Waals surface area contributed by atoms with E-state index in [1.54, 1.807) is 0 Å². The van der Waals surface area contributed by atoms with Crippen LogP contribution in [0.1, 0.15) is 56.9 Å². The Hall–Kier alpha value is -2.34. The van der Waals surface area contributed by atoms with Crippen LogP contribution in [-0.4, -0.2) is 0 Å². The van der Waals surface area contributed by atoms with Crippen molar-refractivity contribution >= 4 is 0 Å². The summed E-state index contributed by atoms with van der Waals surface area (Å²) in [5.41, 5.74) is 8.10. The predicted octanol–water partition coefficient (Wildman–Crippen LogP) is 7.29. The molecule has 0 saturated carbocycles. The topological polar surface area (TPSA) is 0 Å². The number of aryl methyl sites for hydroxylation is 1. The highest BCUT2D eigenvalue weighted by atomic mass is 14.3. The second-order valence-corrected chi connectivity index (χ2v) is 8.90. The molecule has 0 nitrogen and oxygen atoms in total. The molecule has 26 heavy (non-hydrogen) atoms. The Bertz CT molecular complexity index is 855. The molecule has 0 heterocycles. The molecule has 3 rings (SSSR count). The van der Waals surface area contributed by atoms with Crippen molar-refractivity contribution in [3.63, 3.8) is 0 Å². The molecule has 0 N–H and O–H groups in total. The highest BCUT2D eigenvalue weighted by molar-refractivity contribution is 5.64. The maximum absolute atomic E-state index is 2.31. The Balaban J connectivity index is 1.88. The van der Waals surface area contributed by atoms with Crippen molar-refractivity contribution in [1.82, 2.24) is 0 Å². The maximum Gasteiger partial charge on any atom is 0.0146 e. The van der Waals surface area contributed by atoms with Gasteiger partial charge in [0, 0.05) is 5.41 Å². The molecule has 0 radical (unpaired) electrons. The van der Waals surface area contributed by atoms with Gasteiger partial charge in [-0.05, 0) is 40.2 Å². The molecule has 0 spiro atoms. The van der Waals surface area contributed by atoms with E-state index in [1.165, 1.54) is 33.4 Å². The van der Waals surface area contributed by atoms with Crippen molar-refractivity contribution in [3.8, 4) is 11.1 Å². The van der Waals surface area contributed by atoms with Crippen LogP contribution in [0.15, 0.2) is 72.8 Å². The molecular formula is C26H30. The van der Waals surface area contributed by atoms with Gasteiger partial charge >= 0.3 is 0 Å². The van der Waals surface area contributed by atoms with Crippen LogP contribution < -0.4 is 0 Å². The van der Waals surface area contributed by atoms with E-state index in [-0.39, 0.29) is 10.8 Å². The quantitative estimate of drug-likeness (QED) is 0.469. The molecule has 134 valence electrons. The molecule has 0 aliphatic heterocycles. The zero-order valence-corrected chi connectivity index (χ0v) is 16.9. The third kappa shape index (κ3) is 3.75. The van der Waals surface area contributed by atoms with Gasteiger partial charge in [0.2, 0.25) is 0 Å². The summed E-state index contributed by atoms with van der Waals surface area (Å²) in [5.74, 6) is 0. The minimum absolute atomic E-state index is 0.0117. The minimum Gasteiger partial charge on any atom is -0.0587 e. The molecule has 0 unspecified atom stereocenters. The first-order valence-electron chi connectivity index (χ1n) is 9.46. The zero-order valence-electron chi connectivity index (χ0n) is 16.9. The van der Waals surface area contributed by atoms with Gasteiger partial charge < -0.3 is 0 Å². The fourth-order valence-electron chi connectivity index (χ4n) is 3.38. The van der Waals surface area contributed by atoms with Gasteiger partial charge in [-0.3, -0.25) is 0 Å². The molecule has 0 aromatic heterocycles. The number of benzene rings is 3. The first-order valence-corrected chi connectivity index (χ1v) is 9.46. The second kappa shape index (κ2) is 6.76. The summed E-state index contributed by atoms with van der Waals surface area (Å²) in [6.45, 7) is 13.5. The van der Waals surface area contributed by atoms with E-state index in [4.69, 9.17) is 0 Å². The van der Waals surface area contributed by atoms with Crippen LogP contribution >= 0.6 is 0 Å². The molecule has 0 amide bonds. The lowest BCUT2D eigenvalue weighted by atomic mass is 9.76. The van der Waals surface area contributed by atoms with Crippen LogP contribution in [0.4, 0.5) is 0 Å².